The van der Waals surface area contributed by atoms with Crippen molar-refractivity contribution >= 4 is 45.3 Å². The van der Waals surface area contributed by atoms with Crippen LogP contribution in [0.15, 0.2) is 43.0 Å². The maximum Gasteiger partial charge on any atom is 0.172 e. The third-order valence-corrected chi connectivity index (χ3v) is 7.98. The average Bonchev–Trinajstić information content (AvgIpc) is 3.86. The minimum Gasteiger partial charge on any atom is -0.489 e. The quantitative estimate of drug-likeness (QED) is 0.186. The van der Waals surface area contributed by atoms with Crippen LogP contribution in [0.3, 0.4) is 0 Å². The Morgan fingerprint density at radius 3 is 0.667 bits per heavy atom. The number of fused-ring (bicyclic) bond motifs is 4. The van der Waals surface area contributed by atoms with Gasteiger partial charge in [-0.25, -0.2) is 0 Å². The van der Waals surface area contributed by atoms with E-state index in [9.17, 15) is 0 Å². The first-order chi connectivity index (χ1) is 20.9. The van der Waals surface area contributed by atoms with Crippen molar-refractivity contribution in [3.05, 3.63) is 43.0 Å². The molecule has 12 heteroatoms. The molecule has 8 heterocycles. The summed E-state index contributed by atoms with van der Waals surface area (Å²) >= 11 is 6.44. The summed E-state index contributed by atoms with van der Waals surface area (Å²) in [6.07, 6.45) is 1.97. The van der Waals surface area contributed by atoms with Crippen LogP contribution in [0.25, 0.3) is 0 Å². The molecular formula is C30H40O8S4. The van der Waals surface area contributed by atoms with Crippen LogP contribution in [0.2, 0.25) is 0 Å². The lowest BCUT2D eigenvalue weighted by Crippen LogP contribution is -2.13. The van der Waals surface area contributed by atoms with Crippen molar-refractivity contribution < 1.29 is 37.9 Å². The van der Waals surface area contributed by atoms with E-state index >= 15 is 0 Å². The fourth-order valence-corrected chi connectivity index (χ4v) is 6.12. The number of ether oxygens (including phenoxy) is 8. The third-order valence-electron chi connectivity index (χ3n) is 5.18. The summed E-state index contributed by atoms with van der Waals surface area (Å²) in [7, 11) is 0. The second kappa shape index (κ2) is 20.2. The number of hydrogen-bond acceptors (Lipinski definition) is 12. The van der Waals surface area contributed by atoms with Gasteiger partial charge in [0, 0.05) is 55.9 Å². The molecule has 0 aliphatic carbocycles. The highest BCUT2D eigenvalue weighted by Crippen LogP contribution is 2.35. The average molecular weight is 657 g/mol. The zero-order valence-corrected chi connectivity index (χ0v) is 27.9. The van der Waals surface area contributed by atoms with Crippen molar-refractivity contribution in [2.75, 3.05) is 52.9 Å². The van der Waals surface area contributed by atoms with Crippen LogP contribution in [0.5, 0.6) is 46.0 Å². The minimum absolute atomic E-state index is 0.684. The van der Waals surface area contributed by atoms with E-state index in [1.165, 1.54) is 0 Å². The molecule has 0 unspecified atom stereocenters. The first kappa shape index (κ1) is 33.7. The Kier molecular flexibility index (Phi) is 16.2. The van der Waals surface area contributed by atoms with E-state index < -0.39 is 0 Å². The zero-order chi connectivity index (χ0) is 29.8. The summed E-state index contributed by atoms with van der Waals surface area (Å²) in [6, 6.07) is 0. The Bertz CT molecular complexity index is 1050. The molecule has 0 bridgehead atoms. The fourth-order valence-electron chi connectivity index (χ4n) is 3.39. The van der Waals surface area contributed by atoms with Gasteiger partial charge in [0.05, 0.1) is 26.4 Å². The smallest absolute Gasteiger partial charge is 0.172 e. The molecule has 0 N–H and O–H groups in total. The minimum atomic E-state index is 0.684. The van der Waals surface area contributed by atoms with E-state index in [0.29, 0.717) is 26.4 Å². The van der Waals surface area contributed by atoms with Crippen molar-refractivity contribution in [2.45, 2.75) is 40.5 Å². The van der Waals surface area contributed by atoms with Crippen molar-refractivity contribution in [2.24, 2.45) is 0 Å². The maximum absolute atomic E-state index is 5.37. The molecule has 0 saturated carbocycles. The summed E-state index contributed by atoms with van der Waals surface area (Å²) in [6.45, 7) is 13.9. The Morgan fingerprint density at radius 2 is 0.476 bits per heavy atom. The Labute approximate surface area is 264 Å². The largest absolute Gasteiger partial charge is 0.489 e. The molecule has 232 valence electrons. The lowest BCUT2D eigenvalue weighted by molar-refractivity contribution is 0.173. The van der Waals surface area contributed by atoms with Gasteiger partial charge in [-0.3, -0.25) is 0 Å². The molecular weight excluding hydrogens is 617 g/mol. The summed E-state index contributed by atoms with van der Waals surface area (Å²) in [5.41, 5.74) is 0. The highest BCUT2D eigenvalue weighted by Gasteiger charge is 2.12. The van der Waals surface area contributed by atoms with Gasteiger partial charge in [-0.2, -0.15) is 0 Å². The second-order valence-corrected chi connectivity index (χ2v) is 10.9. The normalized spacial score (nSPS) is 14.8. The molecule has 0 aromatic carbocycles. The van der Waals surface area contributed by atoms with Crippen LogP contribution in [-0.2, 0) is 0 Å². The summed E-state index contributed by atoms with van der Waals surface area (Å²) in [4.78, 5) is 0. The van der Waals surface area contributed by atoms with Crippen LogP contribution in [0.1, 0.15) is 40.5 Å². The van der Waals surface area contributed by atoms with Gasteiger partial charge in [-0.05, 0) is 0 Å². The van der Waals surface area contributed by atoms with E-state index in [1.54, 1.807) is 45.3 Å². The van der Waals surface area contributed by atoms with E-state index in [1.807, 2.05) is 70.7 Å². The van der Waals surface area contributed by atoms with Crippen LogP contribution < -0.4 is 37.9 Å². The predicted molar refractivity (Wildman–Crippen MR) is 173 cm³/mol. The van der Waals surface area contributed by atoms with Crippen LogP contribution in [0.4, 0.5) is 0 Å². The molecule has 4 aromatic rings. The lowest BCUT2D eigenvalue weighted by Gasteiger charge is -2.13. The van der Waals surface area contributed by atoms with Crippen molar-refractivity contribution in [3.63, 3.8) is 0 Å². The van der Waals surface area contributed by atoms with Gasteiger partial charge in [0.25, 0.3) is 0 Å². The first-order valence-corrected chi connectivity index (χ1v) is 17.9. The van der Waals surface area contributed by atoms with Crippen molar-refractivity contribution in [1.29, 1.82) is 0 Å². The van der Waals surface area contributed by atoms with E-state index in [-0.39, 0.29) is 0 Å². The number of hydrogen-bond donors (Lipinski definition) is 0. The van der Waals surface area contributed by atoms with Crippen LogP contribution in [-0.4, -0.2) is 52.9 Å². The maximum atomic E-state index is 5.37. The molecule has 4 aromatic heterocycles. The first-order valence-electron chi connectivity index (χ1n) is 14.1. The molecule has 0 radical (unpaired) electrons. The molecule has 8 rings (SSSR count). The number of thiophene rings is 4. The Balaban J connectivity index is 0.000000148. The van der Waals surface area contributed by atoms with Crippen LogP contribution in [0, 0.1) is 0 Å². The SMILES string of the molecule is CC.CC.c1scc2c1OCCCO2.c1scc2c1OCCCO2.c1scc2c1OCCO2.c1scc2c1OCCO2. The summed E-state index contributed by atoms with van der Waals surface area (Å²) in [5.74, 6) is 7.20. The highest BCUT2D eigenvalue weighted by molar-refractivity contribution is 7.09. The molecule has 42 heavy (non-hydrogen) atoms. The second-order valence-electron chi connectivity index (χ2n) is 7.90. The van der Waals surface area contributed by atoms with Gasteiger partial charge in [-0.15, -0.1) is 45.3 Å². The standard InChI is InChI=1S/2C7H8O2S.2C6H6O2S.2C2H6/c2*1-2-8-6-4-10-5-7(6)9-3-1;2*1-2-8-6-4-9-3-5(6)7-1;2*1-2/h2*4-5H,1-3H2;2*3-4H,1-2H2;2*1-2H3. The van der Waals surface area contributed by atoms with Gasteiger partial charge in [0.2, 0.25) is 0 Å². The molecule has 0 amide bonds. The predicted octanol–water partition coefficient (Wildman–Crippen LogP) is 8.91. The van der Waals surface area contributed by atoms with Gasteiger partial charge < -0.3 is 37.9 Å². The van der Waals surface area contributed by atoms with Gasteiger partial charge in [0.1, 0.15) is 26.4 Å². The van der Waals surface area contributed by atoms with E-state index in [2.05, 4.69) is 0 Å². The van der Waals surface area contributed by atoms with Crippen LogP contribution >= 0.6 is 45.3 Å². The molecule has 0 saturated heterocycles. The Hall–Kier alpha value is -2.80. The molecule has 0 fully saturated rings. The third kappa shape index (κ3) is 10.8. The lowest BCUT2D eigenvalue weighted by atomic mass is 10.5. The molecule has 4 aliphatic rings. The van der Waals surface area contributed by atoms with E-state index in [0.717, 1.165) is 85.3 Å². The topological polar surface area (TPSA) is 73.8 Å². The van der Waals surface area contributed by atoms with Gasteiger partial charge in [0.15, 0.2) is 46.0 Å². The van der Waals surface area contributed by atoms with E-state index in [4.69, 9.17) is 37.9 Å². The molecule has 0 atom stereocenters. The molecule has 4 aliphatic heterocycles. The molecule has 8 nitrogen and oxygen atoms in total. The fraction of sp³-hybridized carbons (Fsp3) is 0.467. The zero-order valence-electron chi connectivity index (χ0n) is 24.6. The monoisotopic (exact) mass is 656 g/mol. The highest BCUT2D eigenvalue weighted by atomic mass is 32.1. The summed E-state index contributed by atoms with van der Waals surface area (Å²) < 4.78 is 42.5. The summed E-state index contributed by atoms with van der Waals surface area (Å²) in [5, 5.41) is 15.7. The van der Waals surface area contributed by atoms with Crippen molar-refractivity contribution in [1.82, 2.24) is 0 Å². The van der Waals surface area contributed by atoms with Crippen molar-refractivity contribution in [3.8, 4) is 46.0 Å². The molecule has 0 spiro atoms. The van der Waals surface area contributed by atoms with Gasteiger partial charge >= 0.3 is 0 Å². The Morgan fingerprint density at radius 1 is 0.310 bits per heavy atom. The van der Waals surface area contributed by atoms with Gasteiger partial charge in [-0.1, -0.05) is 27.7 Å². The number of rotatable bonds is 0.